The molecule has 2 aromatic carbocycles. The van der Waals surface area contributed by atoms with Gasteiger partial charge in [-0.1, -0.05) is 87.1 Å². The van der Waals surface area contributed by atoms with E-state index in [2.05, 4.69) is 48.5 Å². The van der Waals surface area contributed by atoms with Crippen LogP contribution in [0.5, 0.6) is 0 Å². The molecule has 2 aromatic rings. The van der Waals surface area contributed by atoms with Crippen molar-refractivity contribution >= 4 is 0 Å². The lowest BCUT2D eigenvalue weighted by Gasteiger charge is -2.08. The molecular formula is C26H36. The molecule has 26 heavy (non-hydrogen) atoms. The van der Waals surface area contributed by atoms with Crippen LogP contribution in [0.4, 0.5) is 0 Å². The Morgan fingerprint density at radius 3 is 0.923 bits per heavy atom. The van der Waals surface area contributed by atoms with Crippen molar-refractivity contribution in [2.24, 2.45) is 0 Å². The summed E-state index contributed by atoms with van der Waals surface area (Å²) in [7, 11) is 0. The molecule has 140 valence electrons. The first-order valence-corrected chi connectivity index (χ1v) is 11.1. The molecule has 0 N–H and O–H groups in total. The Hall–Kier alpha value is -1.56. The van der Waals surface area contributed by atoms with Crippen molar-refractivity contribution in [1.29, 1.82) is 0 Å². The molecule has 1 aliphatic carbocycles. The molecule has 0 amide bonds. The summed E-state index contributed by atoms with van der Waals surface area (Å²) in [4.78, 5) is 0. The third-order valence-corrected chi connectivity index (χ3v) is 5.84. The van der Waals surface area contributed by atoms with Crippen LogP contribution in [0.1, 0.15) is 86.5 Å². The van der Waals surface area contributed by atoms with Gasteiger partial charge in [-0.25, -0.2) is 0 Å². The zero-order chi connectivity index (χ0) is 17.9. The van der Waals surface area contributed by atoms with Gasteiger partial charge in [-0.2, -0.15) is 0 Å². The Morgan fingerprint density at radius 2 is 0.615 bits per heavy atom. The van der Waals surface area contributed by atoms with Gasteiger partial charge in [0.15, 0.2) is 0 Å². The van der Waals surface area contributed by atoms with E-state index in [0.717, 1.165) is 0 Å². The summed E-state index contributed by atoms with van der Waals surface area (Å²) < 4.78 is 0. The Balaban J connectivity index is 1.53. The topological polar surface area (TPSA) is 0 Å². The fraction of sp³-hybridized carbons (Fsp3) is 0.538. The van der Waals surface area contributed by atoms with Crippen LogP contribution in [0, 0.1) is 0 Å². The Morgan fingerprint density at radius 1 is 0.346 bits per heavy atom. The number of benzene rings is 2. The lowest BCUT2D eigenvalue weighted by molar-refractivity contribution is 0.607. The second-order valence-corrected chi connectivity index (χ2v) is 8.18. The van der Waals surface area contributed by atoms with E-state index in [1.807, 2.05) is 0 Å². The first-order valence-electron chi connectivity index (χ1n) is 11.1. The molecular weight excluding hydrogens is 312 g/mol. The van der Waals surface area contributed by atoms with Crippen LogP contribution in [-0.2, 0) is 25.7 Å². The molecule has 0 aliphatic heterocycles. The van der Waals surface area contributed by atoms with E-state index in [-0.39, 0.29) is 0 Å². The monoisotopic (exact) mass is 348 g/mol. The van der Waals surface area contributed by atoms with Crippen LogP contribution in [0.25, 0.3) is 0 Å². The first-order chi connectivity index (χ1) is 12.9. The summed E-state index contributed by atoms with van der Waals surface area (Å²) in [5.41, 5.74) is 6.20. The second-order valence-electron chi connectivity index (χ2n) is 8.18. The van der Waals surface area contributed by atoms with Gasteiger partial charge >= 0.3 is 0 Å². The van der Waals surface area contributed by atoms with Gasteiger partial charge in [0.25, 0.3) is 0 Å². The highest BCUT2D eigenvalue weighted by Gasteiger charge is 2.01. The standard InChI is InChI=1S/C26H36/c1-3-7-13-23-17-11-19-25(21-23)15-9-5-2-6-10-16-26-20-12-18-24(22-26)14-8-4-1/h11-12,17-22H,1-10,13-16H2. The third kappa shape index (κ3) is 6.98. The van der Waals surface area contributed by atoms with Crippen molar-refractivity contribution < 1.29 is 0 Å². The molecule has 4 bridgehead atoms. The van der Waals surface area contributed by atoms with Crippen molar-refractivity contribution in [2.45, 2.75) is 89.9 Å². The van der Waals surface area contributed by atoms with Gasteiger partial charge in [-0.15, -0.1) is 0 Å². The molecule has 1 aliphatic rings. The normalized spacial score (nSPS) is 18.2. The highest BCUT2D eigenvalue weighted by Crippen LogP contribution is 2.17. The first kappa shape index (κ1) is 19.2. The molecule has 0 spiro atoms. The lowest BCUT2D eigenvalue weighted by Crippen LogP contribution is -1.93. The fourth-order valence-corrected chi connectivity index (χ4v) is 4.26. The van der Waals surface area contributed by atoms with Crippen LogP contribution in [0.2, 0.25) is 0 Å². The van der Waals surface area contributed by atoms with Crippen molar-refractivity contribution in [1.82, 2.24) is 0 Å². The van der Waals surface area contributed by atoms with Gasteiger partial charge in [-0.05, 0) is 73.6 Å². The van der Waals surface area contributed by atoms with Crippen molar-refractivity contribution in [2.75, 3.05) is 0 Å². The minimum Gasteiger partial charge on any atom is -0.0617 e. The Labute approximate surface area is 161 Å². The quantitative estimate of drug-likeness (QED) is 0.463. The summed E-state index contributed by atoms with van der Waals surface area (Å²) in [5, 5.41) is 0. The molecule has 0 radical (unpaired) electrons. The van der Waals surface area contributed by atoms with Crippen molar-refractivity contribution in [3.63, 3.8) is 0 Å². The predicted molar refractivity (Wildman–Crippen MR) is 114 cm³/mol. The van der Waals surface area contributed by atoms with Crippen molar-refractivity contribution in [3.05, 3.63) is 70.8 Å². The van der Waals surface area contributed by atoms with Crippen LogP contribution in [-0.4, -0.2) is 0 Å². The van der Waals surface area contributed by atoms with Gasteiger partial charge in [0.05, 0.1) is 0 Å². The second kappa shape index (κ2) is 11.2. The molecule has 0 aromatic heterocycles. The molecule has 0 unspecified atom stereocenters. The third-order valence-electron chi connectivity index (χ3n) is 5.84. The molecule has 0 heteroatoms. The number of fused-ring (bicyclic) bond motifs is 4. The maximum atomic E-state index is 2.46. The van der Waals surface area contributed by atoms with Crippen LogP contribution in [0.3, 0.4) is 0 Å². The number of aryl methyl sites for hydroxylation is 4. The smallest absolute Gasteiger partial charge is 0.0279 e. The van der Waals surface area contributed by atoms with E-state index in [0.29, 0.717) is 0 Å². The average Bonchev–Trinajstić information content (AvgIpc) is 2.66. The number of rotatable bonds is 0. The van der Waals surface area contributed by atoms with Gasteiger partial charge < -0.3 is 0 Å². The van der Waals surface area contributed by atoms with E-state index < -0.39 is 0 Å². The van der Waals surface area contributed by atoms with E-state index in [9.17, 15) is 0 Å². The van der Waals surface area contributed by atoms with Gasteiger partial charge in [0.1, 0.15) is 0 Å². The summed E-state index contributed by atoms with van der Waals surface area (Å²) in [6.45, 7) is 0. The zero-order valence-electron chi connectivity index (χ0n) is 16.5. The van der Waals surface area contributed by atoms with E-state index in [1.165, 1.54) is 89.9 Å². The number of hydrogen-bond donors (Lipinski definition) is 0. The van der Waals surface area contributed by atoms with Crippen LogP contribution >= 0.6 is 0 Å². The number of hydrogen-bond acceptors (Lipinski definition) is 0. The summed E-state index contributed by atoms with van der Waals surface area (Å²) >= 11 is 0. The highest BCUT2D eigenvalue weighted by molar-refractivity contribution is 5.24. The summed E-state index contributed by atoms with van der Waals surface area (Å²) in [6.07, 6.45) is 18.7. The Bertz CT molecular complexity index is 536. The summed E-state index contributed by atoms with van der Waals surface area (Å²) in [6, 6.07) is 18.8. The lowest BCUT2D eigenvalue weighted by atomic mass is 9.98. The Kier molecular flexibility index (Phi) is 8.29. The van der Waals surface area contributed by atoms with E-state index >= 15 is 0 Å². The average molecular weight is 349 g/mol. The van der Waals surface area contributed by atoms with Crippen LogP contribution < -0.4 is 0 Å². The maximum absolute atomic E-state index is 2.46. The predicted octanol–water partition coefficient (Wildman–Crippen LogP) is 7.47. The van der Waals surface area contributed by atoms with E-state index in [1.54, 1.807) is 22.3 Å². The molecule has 0 nitrogen and oxygen atoms in total. The molecule has 0 fully saturated rings. The molecule has 0 atom stereocenters. The van der Waals surface area contributed by atoms with Crippen LogP contribution in [0.15, 0.2) is 48.5 Å². The fourth-order valence-electron chi connectivity index (χ4n) is 4.26. The molecule has 3 rings (SSSR count). The molecule has 0 heterocycles. The minimum absolute atomic E-state index is 1.26. The highest BCUT2D eigenvalue weighted by atomic mass is 14.1. The van der Waals surface area contributed by atoms with Crippen molar-refractivity contribution in [3.8, 4) is 0 Å². The SMILES string of the molecule is c1cc2cc(c1)CCCCCCCc1cccc(c1)CCCCCCC2. The van der Waals surface area contributed by atoms with E-state index in [4.69, 9.17) is 0 Å². The van der Waals surface area contributed by atoms with Gasteiger partial charge in [0, 0.05) is 0 Å². The zero-order valence-corrected chi connectivity index (χ0v) is 16.5. The summed E-state index contributed by atoms with van der Waals surface area (Å²) in [5.74, 6) is 0. The minimum atomic E-state index is 1.26. The maximum Gasteiger partial charge on any atom is -0.0279 e. The molecule has 0 saturated carbocycles. The largest absolute Gasteiger partial charge is 0.0617 e. The van der Waals surface area contributed by atoms with Gasteiger partial charge in [-0.3, -0.25) is 0 Å². The van der Waals surface area contributed by atoms with Gasteiger partial charge in [0.2, 0.25) is 0 Å². The molecule has 0 saturated heterocycles.